The van der Waals surface area contributed by atoms with Crippen molar-refractivity contribution in [2.24, 2.45) is 0 Å². The Morgan fingerprint density at radius 1 is 1.67 bits per heavy atom. The molecule has 54 valence electrons. The molecule has 5 nitrogen and oxygen atoms in total. The molecule has 0 aromatic heterocycles. The molecule has 0 spiro atoms. The van der Waals surface area contributed by atoms with Crippen LogP contribution in [0, 0.1) is 10.1 Å². The Balaban J connectivity index is 3.50. The number of halogens is 1. The van der Waals surface area contributed by atoms with Crippen molar-refractivity contribution in [2.75, 3.05) is 0 Å². The molecule has 0 aliphatic heterocycles. The van der Waals surface area contributed by atoms with Gasteiger partial charge in [0.15, 0.2) is 0 Å². The summed E-state index contributed by atoms with van der Waals surface area (Å²) in [5, 5.41) is 25.5. The lowest BCUT2D eigenvalue weighted by Crippen LogP contribution is -2.22. The normalized spacial score (nSPS) is 16.8. The van der Waals surface area contributed by atoms with Crippen molar-refractivity contribution in [1.29, 1.82) is 0 Å². The van der Waals surface area contributed by atoms with Gasteiger partial charge in [0.25, 0.3) is 0 Å². The van der Waals surface area contributed by atoms with Crippen LogP contribution in [-0.4, -0.2) is 26.4 Å². The molecule has 0 saturated heterocycles. The Kier molecular flexibility index (Phi) is 3.67. The largest absolute Gasteiger partial charge is 0.381 e. The zero-order valence-corrected chi connectivity index (χ0v) is 5.98. The second-order valence-electron chi connectivity index (χ2n) is 1.44. The lowest BCUT2D eigenvalue weighted by molar-refractivity contribution is -0.571. The van der Waals surface area contributed by atoms with E-state index in [9.17, 15) is 10.1 Å². The van der Waals surface area contributed by atoms with Gasteiger partial charge in [-0.2, -0.15) is 0 Å². The van der Waals surface area contributed by atoms with Gasteiger partial charge in [-0.25, -0.2) is 0 Å². The second kappa shape index (κ2) is 3.76. The second-order valence-corrected chi connectivity index (χ2v) is 2.49. The van der Waals surface area contributed by atoms with Crippen molar-refractivity contribution >= 4 is 15.9 Å². The molecule has 0 aliphatic carbocycles. The molecule has 0 saturated carbocycles. The van der Waals surface area contributed by atoms with Crippen LogP contribution in [0.2, 0.25) is 0 Å². The maximum Gasteiger partial charge on any atom is 0.316 e. The van der Waals surface area contributed by atoms with E-state index in [0.29, 0.717) is 0 Å². The third kappa shape index (κ3) is 4.31. The minimum absolute atomic E-state index is 0.299. The molecule has 0 fully saturated rings. The highest BCUT2D eigenvalue weighted by Crippen LogP contribution is 2.03. The molecular weight excluding hydrogens is 194 g/mol. The van der Waals surface area contributed by atoms with Crippen molar-refractivity contribution in [2.45, 2.75) is 17.7 Å². The van der Waals surface area contributed by atoms with Gasteiger partial charge in [-0.3, -0.25) is 10.1 Å². The van der Waals surface area contributed by atoms with Gasteiger partial charge in [0.05, 0.1) is 11.3 Å². The van der Waals surface area contributed by atoms with Gasteiger partial charge < -0.3 is 10.2 Å². The molecular formula is C3H6BrNO4. The fraction of sp³-hybridized carbons (Fsp3) is 1.00. The Bertz CT molecular complexity index is 106. The number of hydrogen-bond acceptors (Lipinski definition) is 4. The maximum absolute atomic E-state index is 9.66. The third-order valence-corrected chi connectivity index (χ3v) is 1.02. The smallest absolute Gasteiger partial charge is 0.316 e. The standard InChI is InChI=1S/C3H6BrNO4/c4-2(6)1-3(7)5(8)9/h2-3,6-7H,1H2. The van der Waals surface area contributed by atoms with Crippen LogP contribution < -0.4 is 0 Å². The van der Waals surface area contributed by atoms with E-state index in [1.165, 1.54) is 0 Å². The first kappa shape index (κ1) is 8.80. The Morgan fingerprint density at radius 2 is 2.11 bits per heavy atom. The number of nitrogens with zero attached hydrogens (tertiary/aromatic N) is 1. The number of alkyl halides is 1. The highest BCUT2D eigenvalue weighted by Gasteiger charge is 2.17. The topological polar surface area (TPSA) is 83.6 Å². The molecule has 0 heterocycles. The number of aliphatic hydroxyl groups is 2. The lowest BCUT2D eigenvalue weighted by Gasteiger charge is -2.01. The molecule has 0 radical (unpaired) electrons. The van der Waals surface area contributed by atoms with Crippen LogP contribution in [-0.2, 0) is 0 Å². The molecule has 0 aromatic rings. The predicted octanol–water partition coefficient (Wildman–Crippen LogP) is -0.315. The number of hydrogen-bond donors (Lipinski definition) is 2. The Hall–Kier alpha value is -0.200. The summed E-state index contributed by atoms with van der Waals surface area (Å²) in [7, 11) is 0. The first-order valence-electron chi connectivity index (χ1n) is 2.17. The first-order valence-corrected chi connectivity index (χ1v) is 3.09. The summed E-state index contributed by atoms with van der Waals surface area (Å²) in [5.41, 5.74) is 0. The van der Waals surface area contributed by atoms with Crippen LogP contribution in [0.1, 0.15) is 6.42 Å². The van der Waals surface area contributed by atoms with E-state index in [4.69, 9.17) is 10.2 Å². The van der Waals surface area contributed by atoms with Crippen molar-refractivity contribution in [3.05, 3.63) is 10.1 Å². The first-order chi connectivity index (χ1) is 4.04. The fourth-order valence-corrected chi connectivity index (χ4v) is 0.594. The van der Waals surface area contributed by atoms with E-state index in [1.807, 2.05) is 0 Å². The van der Waals surface area contributed by atoms with Crippen LogP contribution >= 0.6 is 15.9 Å². The quantitative estimate of drug-likeness (QED) is 0.283. The monoisotopic (exact) mass is 199 g/mol. The number of rotatable bonds is 3. The van der Waals surface area contributed by atoms with Crippen LogP contribution in [0.5, 0.6) is 0 Å². The fourth-order valence-electron chi connectivity index (χ4n) is 0.260. The summed E-state index contributed by atoms with van der Waals surface area (Å²) in [6.45, 7) is 0. The summed E-state index contributed by atoms with van der Waals surface area (Å²) < 4.78 is 0. The van der Waals surface area contributed by atoms with Crippen molar-refractivity contribution in [1.82, 2.24) is 0 Å². The van der Waals surface area contributed by atoms with E-state index >= 15 is 0 Å². The van der Waals surface area contributed by atoms with Crippen molar-refractivity contribution in [3.63, 3.8) is 0 Å². The zero-order valence-electron chi connectivity index (χ0n) is 4.40. The molecule has 2 unspecified atom stereocenters. The number of nitro groups is 1. The molecule has 6 heteroatoms. The average molecular weight is 200 g/mol. The molecule has 2 atom stereocenters. The van der Waals surface area contributed by atoms with Crippen LogP contribution in [0.25, 0.3) is 0 Å². The molecule has 0 aliphatic rings. The Morgan fingerprint density at radius 3 is 2.22 bits per heavy atom. The van der Waals surface area contributed by atoms with E-state index in [2.05, 4.69) is 15.9 Å². The molecule has 0 amide bonds. The van der Waals surface area contributed by atoms with Gasteiger partial charge in [-0.15, -0.1) is 0 Å². The Labute approximate surface area is 59.6 Å². The molecule has 2 N–H and O–H groups in total. The van der Waals surface area contributed by atoms with E-state index in [0.717, 1.165) is 0 Å². The lowest BCUT2D eigenvalue weighted by atomic mass is 10.4. The highest BCUT2D eigenvalue weighted by molar-refractivity contribution is 9.09. The minimum atomic E-state index is -1.68. The summed E-state index contributed by atoms with van der Waals surface area (Å²) >= 11 is 2.63. The summed E-state index contributed by atoms with van der Waals surface area (Å²) in [6, 6.07) is 0. The van der Waals surface area contributed by atoms with Crippen LogP contribution in [0.15, 0.2) is 0 Å². The molecule has 0 rings (SSSR count). The van der Waals surface area contributed by atoms with Crippen LogP contribution in [0.3, 0.4) is 0 Å². The van der Waals surface area contributed by atoms with Gasteiger partial charge >= 0.3 is 6.23 Å². The average Bonchev–Trinajstić information content (AvgIpc) is 1.63. The van der Waals surface area contributed by atoms with Gasteiger partial charge in [-0.1, -0.05) is 15.9 Å². The van der Waals surface area contributed by atoms with E-state index in [1.54, 1.807) is 0 Å². The van der Waals surface area contributed by atoms with Gasteiger partial charge in [-0.05, 0) is 0 Å². The maximum atomic E-state index is 9.66. The van der Waals surface area contributed by atoms with Crippen LogP contribution in [0.4, 0.5) is 0 Å². The molecule has 0 bridgehead atoms. The summed E-state index contributed by atoms with van der Waals surface area (Å²) in [5.74, 6) is 0. The molecule has 0 aromatic carbocycles. The zero-order chi connectivity index (χ0) is 7.44. The van der Waals surface area contributed by atoms with E-state index in [-0.39, 0.29) is 6.42 Å². The van der Waals surface area contributed by atoms with Gasteiger partial charge in [0.2, 0.25) is 0 Å². The van der Waals surface area contributed by atoms with Gasteiger partial charge in [0, 0.05) is 0 Å². The molecule has 9 heavy (non-hydrogen) atoms. The SMILES string of the molecule is O=[N+]([O-])C(O)CC(O)Br. The van der Waals surface area contributed by atoms with Gasteiger partial charge in [0.1, 0.15) is 5.01 Å². The predicted molar refractivity (Wildman–Crippen MR) is 32.6 cm³/mol. The van der Waals surface area contributed by atoms with Crippen molar-refractivity contribution < 1.29 is 15.1 Å². The summed E-state index contributed by atoms with van der Waals surface area (Å²) in [6.07, 6.45) is -1.98. The highest BCUT2D eigenvalue weighted by atomic mass is 79.9. The summed E-state index contributed by atoms with van der Waals surface area (Å²) in [4.78, 5) is 8.79. The minimum Gasteiger partial charge on any atom is -0.381 e. The third-order valence-electron chi connectivity index (χ3n) is 0.649. The van der Waals surface area contributed by atoms with E-state index < -0.39 is 16.2 Å². The van der Waals surface area contributed by atoms with Crippen molar-refractivity contribution in [3.8, 4) is 0 Å². The number of aliphatic hydroxyl groups excluding tert-OH is 2.